The lowest BCUT2D eigenvalue weighted by Gasteiger charge is -2.03. The standard InChI is InChI=1S/C14H17N3OS/c1-9(2)8-11(18)16-14-17-12(13(15)19-14)10-6-4-3-5-7-10/h3-7,9H,8,15H2,1-2H3,(H,16,17,18). The highest BCUT2D eigenvalue weighted by Crippen LogP contribution is 2.33. The van der Waals surface area contributed by atoms with E-state index < -0.39 is 0 Å². The van der Waals surface area contributed by atoms with Gasteiger partial charge in [0.15, 0.2) is 5.13 Å². The molecule has 19 heavy (non-hydrogen) atoms. The zero-order chi connectivity index (χ0) is 13.8. The first-order valence-corrected chi connectivity index (χ1v) is 6.99. The van der Waals surface area contributed by atoms with E-state index in [0.29, 0.717) is 22.5 Å². The lowest BCUT2D eigenvalue weighted by Crippen LogP contribution is -2.13. The summed E-state index contributed by atoms with van der Waals surface area (Å²) < 4.78 is 0. The van der Waals surface area contributed by atoms with Crippen LogP contribution in [0.25, 0.3) is 11.3 Å². The van der Waals surface area contributed by atoms with Crippen LogP contribution >= 0.6 is 11.3 Å². The van der Waals surface area contributed by atoms with Gasteiger partial charge in [0.2, 0.25) is 5.91 Å². The van der Waals surface area contributed by atoms with Crippen LogP contribution in [0.5, 0.6) is 0 Å². The molecule has 0 saturated heterocycles. The molecular formula is C14H17N3OS. The molecule has 1 aromatic heterocycles. The lowest BCUT2D eigenvalue weighted by atomic mass is 10.1. The van der Waals surface area contributed by atoms with Gasteiger partial charge < -0.3 is 11.1 Å². The third-order valence-corrected chi connectivity index (χ3v) is 3.34. The van der Waals surface area contributed by atoms with Crippen molar-refractivity contribution in [2.24, 2.45) is 5.92 Å². The van der Waals surface area contributed by atoms with Gasteiger partial charge in [0.05, 0.1) is 0 Å². The summed E-state index contributed by atoms with van der Waals surface area (Å²) in [5.41, 5.74) is 7.64. The van der Waals surface area contributed by atoms with Crippen LogP contribution < -0.4 is 11.1 Å². The highest BCUT2D eigenvalue weighted by atomic mass is 32.1. The Labute approximate surface area is 116 Å². The quantitative estimate of drug-likeness (QED) is 0.898. The number of aromatic nitrogens is 1. The zero-order valence-corrected chi connectivity index (χ0v) is 11.8. The van der Waals surface area contributed by atoms with Crippen LogP contribution in [0.1, 0.15) is 20.3 Å². The van der Waals surface area contributed by atoms with E-state index in [-0.39, 0.29) is 5.91 Å². The SMILES string of the molecule is CC(C)CC(=O)Nc1nc(-c2ccccc2)c(N)s1. The number of hydrogen-bond donors (Lipinski definition) is 2. The number of hydrogen-bond acceptors (Lipinski definition) is 4. The van der Waals surface area contributed by atoms with Crippen molar-refractivity contribution < 1.29 is 4.79 Å². The average Bonchev–Trinajstić information content (AvgIpc) is 2.70. The maximum atomic E-state index is 11.7. The monoisotopic (exact) mass is 275 g/mol. The molecule has 0 atom stereocenters. The number of benzene rings is 1. The molecule has 0 bridgehead atoms. The molecule has 0 saturated carbocycles. The maximum absolute atomic E-state index is 11.7. The average molecular weight is 275 g/mol. The summed E-state index contributed by atoms with van der Waals surface area (Å²) in [7, 11) is 0. The van der Waals surface area contributed by atoms with Crippen molar-refractivity contribution in [3.05, 3.63) is 30.3 Å². The molecule has 0 unspecified atom stereocenters. The van der Waals surface area contributed by atoms with E-state index >= 15 is 0 Å². The van der Waals surface area contributed by atoms with Crippen molar-refractivity contribution in [3.63, 3.8) is 0 Å². The summed E-state index contributed by atoms with van der Waals surface area (Å²) >= 11 is 1.30. The number of carbonyl (C=O) groups is 1. The Balaban J connectivity index is 2.16. The minimum absolute atomic E-state index is 0.0247. The molecule has 4 nitrogen and oxygen atoms in total. The van der Waals surface area contributed by atoms with E-state index in [1.165, 1.54) is 11.3 Å². The highest BCUT2D eigenvalue weighted by Gasteiger charge is 2.13. The molecule has 1 heterocycles. The summed E-state index contributed by atoms with van der Waals surface area (Å²) in [6.07, 6.45) is 0.486. The molecule has 0 aliphatic rings. The first-order valence-electron chi connectivity index (χ1n) is 6.18. The lowest BCUT2D eigenvalue weighted by molar-refractivity contribution is -0.116. The normalized spacial score (nSPS) is 10.7. The highest BCUT2D eigenvalue weighted by molar-refractivity contribution is 7.20. The molecule has 0 radical (unpaired) electrons. The third kappa shape index (κ3) is 3.54. The molecule has 0 spiro atoms. The Morgan fingerprint density at radius 3 is 2.68 bits per heavy atom. The van der Waals surface area contributed by atoms with Crippen molar-refractivity contribution in [2.45, 2.75) is 20.3 Å². The summed E-state index contributed by atoms with van der Waals surface area (Å²) in [6.45, 7) is 4.01. The third-order valence-electron chi connectivity index (χ3n) is 2.54. The van der Waals surface area contributed by atoms with Gasteiger partial charge in [-0.1, -0.05) is 55.5 Å². The Bertz CT molecular complexity index is 563. The molecule has 2 rings (SSSR count). The van der Waals surface area contributed by atoms with Gasteiger partial charge in [0.1, 0.15) is 10.7 Å². The van der Waals surface area contributed by atoms with Crippen molar-refractivity contribution in [1.29, 1.82) is 0 Å². The van der Waals surface area contributed by atoms with E-state index in [1.807, 2.05) is 44.2 Å². The first kappa shape index (κ1) is 13.5. The van der Waals surface area contributed by atoms with E-state index in [1.54, 1.807) is 0 Å². The van der Waals surface area contributed by atoms with E-state index in [4.69, 9.17) is 5.73 Å². The summed E-state index contributed by atoms with van der Waals surface area (Å²) in [5, 5.41) is 3.97. The molecule has 0 aliphatic heterocycles. The van der Waals surface area contributed by atoms with Crippen LogP contribution in [0.2, 0.25) is 0 Å². The number of carbonyl (C=O) groups excluding carboxylic acids is 1. The minimum Gasteiger partial charge on any atom is -0.389 e. The molecule has 1 aromatic carbocycles. The summed E-state index contributed by atoms with van der Waals surface area (Å²) in [4.78, 5) is 16.1. The van der Waals surface area contributed by atoms with Gasteiger partial charge in [-0.15, -0.1) is 0 Å². The van der Waals surface area contributed by atoms with Crippen LogP contribution in [0.4, 0.5) is 10.1 Å². The molecule has 100 valence electrons. The number of anilines is 2. The molecule has 1 amide bonds. The minimum atomic E-state index is -0.0247. The number of nitrogens with two attached hydrogens (primary N) is 1. The van der Waals surface area contributed by atoms with E-state index in [9.17, 15) is 4.79 Å². The Kier molecular flexibility index (Phi) is 4.16. The molecule has 0 aliphatic carbocycles. The molecule has 3 N–H and O–H groups in total. The molecular weight excluding hydrogens is 258 g/mol. The number of rotatable bonds is 4. The molecule has 0 fully saturated rings. The van der Waals surface area contributed by atoms with Crippen molar-refractivity contribution >= 4 is 27.4 Å². The van der Waals surface area contributed by atoms with Crippen molar-refractivity contribution in [3.8, 4) is 11.3 Å². The fourth-order valence-electron chi connectivity index (χ4n) is 1.73. The van der Waals surface area contributed by atoms with E-state index in [2.05, 4.69) is 10.3 Å². The summed E-state index contributed by atoms with van der Waals surface area (Å²) in [6, 6.07) is 9.71. The second-order valence-corrected chi connectivity index (χ2v) is 5.77. The molecule has 5 heteroatoms. The van der Waals surface area contributed by atoms with Gasteiger partial charge in [-0.25, -0.2) is 4.98 Å². The smallest absolute Gasteiger partial charge is 0.226 e. The number of nitrogens with zero attached hydrogens (tertiary/aromatic N) is 1. The van der Waals surface area contributed by atoms with Gasteiger partial charge in [0.25, 0.3) is 0 Å². The summed E-state index contributed by atoms with van der Waals surface area (Å²) in [5.74, 6) is 0.300. The predicted octanol–water partition coefficient (Wildman–Crippen LogP) is 3.38. The Hall–Kier alpha value is -1.88. The fourth-order valence-corrected chi connectivity index (χ4v) is 2.50. The first-order chi connectivity index (χ1) is 9.06. The molecule has 2 aromatic rings. The number of nitrogen functional groups attached to an aromatic ring is 1. The van der Waals surface area contributed by atoms with Crippen LogP contribution in [0.15, 0.2) is 30.3 Å². The Morgan fingerprint density at radius 1 is 1.37 bits per heavy atom. The zero-order valence-electron chi connectivity index (χ0n) is 11.0. The maximum Gasteiger partial charge on any atom is 0.226 e. The van der Waals surface area contributed by atoms with Crippen molar-refractivity contribution in [1.82, 2.24) is 4.98 Å². The van der Waals surface area contributed by atoms with Gasteiger partial charge >= 0.3 is 0 Å². The van der Waals surface area contributed by atoms with Crippen LogP contribution in [-0.4, -0.2) is 10.9 Å². The fraction of sp³-hybridized carbons (Fsp3) is 0.286. The second kappa shape index (κ2) is 5.84. The van der Waals surface area contributed by atoms with Gasteiger partial charge in [0, 0.05) is 12.0 Å². The number of amides is 1. The van der Waals surface area contributed by atoms with Crippen LogP contribution in [0.3, 0.4) is 0 Å². The number of thiazole rings is 1. The predicted molar refractivity (Wildman–Crippen MR) is 80.0 cm³/mol. The van der Waals surface area contributed by atoms with Gasteiger partial charge in [-0.2, -0.15) is 0 Å². The van der Waals surface area contributed by atoms with Crippen molar-refractivity contribution in [2.75, 3.05) is 11.1 Å². The van der Waals surface area contributed by atoms with E-state index in [0.717, 1.165) is 11.3 Å². The van der Waals surface area contributed by atoms with Crippen LogP contribution in [-0.2, 0) is 4.79 Å². The van der Waals surface area contributed by atoms with Gasteiger partial charge in [-0.05, 0) is 5.92 Å². The Morgan fingerprint density at radius 2 is 2.05 bits per heavy atom. The number of nitrogens with one attached hydrogen (secondary N) is 1. The second-order valence-electron chi connectivity index (χ2n) is 4.74. The topological polar surface area (TPSA) is 68.0 Å². The van der Waals surface area contributed by atoms with Gasteiger partial charge in [-0.3, -0.25) is 4.79 Å². The van der Waals surface area contributed by atoms with Crippen LogP contribution in [0, 0.1) is 5.92 Å². The largest absolute Gasteiger partial charge is 0.389 e.